The molecule has 1 aromatic heterocycles. The van der Waals surface area contributed by atoms with Crippen LogP contribution in [-0.4, -0.2) is 9.78 Å². The molecule has 3 heteroatoms. The Balaban J connectivity index is 2.57. The van der Waals surface area contributed by atoms with Crippen molar-refractivity contribution >= 4 is 0 Å². The highest BCUT2D eigenvalue weighted by Crippen LogP contribution is 2.24. The Morgan fingerprint density at radius 1 is 1.25 bits per heavy atom. The van der Waals surface area contributed by atoms with Gasteiger partial charge >= 0.3 is 0 Å². The maximum atomic E-state index is 12.5. The van der Waals surface area contributed by atoms with E-state index in [9.17, 15) is 4.79 Å². The van der Waals surface area contributed by atoms with Gasteiger partial charge in [-0.15, -0.1) is 0 Å². The summed E-state index contributed by atoms with van der Waals surface area (Å²) in [7, 11) is 0. The number of hydrogen-bond donors (Lipinski definition) is 1. The Morgan fingerprint density at radius 3 is 2.55 bits per heavy atom. The smallest absolute Gasteiger partial charge is 0.270 e. The van der Waals surface area contributed by atoms with E-state index < -0.39 is 0 Å². The van der Waals surface area contributed by atoms with Crippen molar-refractivity contribution in [2.75, 3.05) is 0 Å². The SMILES string of the molecule is CCCc1c(-c2ccccc2C)[nH]n(CC(C)C)c1=O. The first-order chi connectivity index (χ1) is 9.54. The van der Waals surface area contributed by atoms with Crippen LogP contribution in [0.1, 0.15) is 38.3 Å². The van der Waals surface area contributed by atoms with Crippen molar-refractivity contribution in [3.05, 3.63) is 45.7 Å². The van der Waals surface area contributed by atoms with Gasteiger partial charge < -0.3 is 0 Å². The molecule has 0 saturated heterocycles. The summed E-state index contributed by atoms with van der Waals surface area (Å²) in [6, 6.07) is 8.22. The Kier molecular flexibility index (Phi) is 4.48. The molecule has 1 N–H and O–H groups in total. The number of aryl methyl sites for hydroxylation is 1. The second-order valence-corrected chi connectivity index (χ2v) is 5.84. The van der Waals surface area contributed by atoms with E-state index in [0.29, 0.717) is 5.92 Å². The quantitative estimate of drug-likeness (QED) is 0.884. The fraction of sp³-hybridized carbons (Fsp3) is 0.471. The molecule has 0 bridgehead atoms. The average molecular weight is 272 g/mol. The van der Waals surface area contributed by atoms with Crippen LogP contribution in [-0.2, 0) is 13.0 Å². The topological polar surface area (TPSA) is 37.8 Å². The summed E-state index contributed by atoms with van der Waals surface area (Å²) in [5, 5.41) is 3.33. The molecule has 0 fully saturated rings. The molecule has 0 aliphatic heterocycles. The number of nitrogens with zero attached hydrogens (tertiary/aromatic N) is 1. The van der Waals surface area contributed by atoms with Crippen molar-refractivity contribution in [1.82, 2.24) is 9.78 Å². The van der Waals surface area contributed by atoms with Crippen molar-refractivity contribution in [3.8, 4) is 11.3 Å². The zero-order valence-corrected chi connectivity index (χ0v) is 12.9. The lowest BCUT2D eigenvalue weighted by Crippen LogP contribution is -2.21. The molecule has 0 atom stereocenters. The van der Waals surface area contributed by atoms with Gasteiger partial charge in [0.05, 0.1) is 5.69 Å². The van der Waals surface area contributed by atoms with Crippen molar-refractivity contribution in [2.45, 2.75) is 47.1 Å². The van der Waals surface area contributed by atoms with Crippen molar-refractivity contribution < 1.29 is 0 Å². The van der Waals surface area contributed by atoms with Gasteiger partial charge in [-0.1, -0.05) is 51.5 Å². The van der Waals surface area contributed by atoms with Gasteiger partial charge in [-0.2, -0.15) is 0 Å². The lowest BCUT2D eigenvalue weighted by Gasteiger charge is -2.06. The molecule has 0 aliphatic carbocycles. The van der Waals surface area contributed by atoms with E-state index in [-0.39, 0.29) is 5.56 Å². The van der Waals surface area contributed by atoms with Crippen LogP contribution >= 0.6 is 0 Å². The second kappa shape index (κ2) is 6.12. The maximum absolute atomic E-state index is 12.5. The van der Waals surface area contributed by atoms with Gasteiger partial charge in [0.2, 0.25) is 0 Å². The molecule has 0 amide bonds. The van der Waals surface area contributed by atoms with Crippen LogP contribution in [0.2, 0.25) is 0 Å². The number of benzene rings is 1. The highest BCUT2D eigenvalue weighted by atomic mass is 16.1. The third kappa shape index (κ3) is 2.87. The van der Waals surface area contributed by atoms with Gasteiger partial charge in [0.1, 0.15) is 0 Å². The van der Waals surface area contributed by atoms with E-state index in [0.717, 1.165) is 36.2 Å². The number of aromatic nitrogens is 2. The van der Waals surface area contributed by atoms with Crippen molar-refractivity contribution in [1.29, 1.82) is 0 Å². The Morgan fingerprint density at radius 2 is 1.95 bits per heavy atom. The van der Waals surface area contributed by atoms with Crippen LogP contribution in [0.5, 0.6) is 0 Å². The predicted molar refractivity (Wildman–Crippen MR) is 84.1 cm³/mol. The molecule has 0 spiro atoms. The van der Waals surface area contributed by atoms with Gasteiger partial charge in [-0.05, 0) is 24.8 Å². The van der Waals surface area contributed by atoms with Gasteiger partial charge in [-0.25, -0.2) is 0 Å². The third-order valence-corrected chi connectivity index (χ3v) is 3.51. The molecule has 1 aromatic carbocycles. The lowest BCUT2D eigenvalue weighted by molar-refractivity contribution is 0.473. The molecular formula is C17H24N2O. The summed E-state index contributed by atoms with van der Waals surface area (Å²) < 4.78 is 1.76. The fourth-order valence-electron chi connectivity index (χ4n) is 2.57. The number of rotatable bonds is 5. The van der Waals surface area contributed by atoms with E-state index in [4.69, 9.17) is 0 Å². The van der Waals surface area contributed by atoms with E-state index in [1.54, 1.807) is 4.68 Å². The average Bonchev–Trinajstić information content (AvgIpc) is 2.68. The minimum Gasteiger partial charge on any atom is -0.295 e. The minimum atomic E-state index is 0.138. The predicted octanol–water partition coefficient (Wildman–Crippen LogP) is 3.76. The normalized spacial score (nSPS) is 11.2. The summed E-state index contributed by atoms with van der Waals surface area (Å²) in [4.78, 5) is 12.5. The molecule has 0 aliphatic rings. The van der Waals surface area contributed by atoms with Crippen LogP contribution in [0.4, 0.5) is 0 Å². The maximum Gasteiger partial charge on any atom is 0.270 e. The van der Waals surface area contributed by atoms with E-state index in [1.807, 2.05) is 12.1 Å². The largest absolute Gasteiger partial charge is 0.295 e. The number of nitrogens with one attached hydrogen (secondary N) is 1. The molecule has 2 rings (SSSR count). The Labute approximate surface area is 120 Å². The zero-order valence-electron chi connectivity index (χ0n) is 12.9. The van der Waals surface area contributed by atoms with E-state index in [1.165, 1.54) is 5.56 Å². The molecule has 0 unspecified atom stereocenters. The highest BCUT2D eigenvalue weighted by molar-refractivity contribution is 5.66. The van der Waals surface area contributed by atoms with E-state index in [2.05, 4.69) is 44.9 Å². The first-order valence-electron chi connectivity index (χ1n) is 7.42. The Hall–Kier alpha value is -1.77. The highest BCUT2D eigenvalue weighted by Gasteiger charge is 2.16. The lowest BCUT2D eigenvalue weighted by atomic mass is 10.0. The van der Waals surface area contributed by atoms with Gasteiger partial charge in [0, 0.05) is 17.7 Å². The summed E-state index contributed by atoms with van der Waals surface area (Å²) in [6.45, 7) is 9.19. The fourth-order valence-corrected chi connectivity index (χ4v) is 2.57. The number of hydrogen-bond acceptors (Lipinski definition) is 1. The number of aromatic amines is 1. The van der Waals surface area contributed by atoms with Crippen LogP contribution in [0.15, 0.2) is 29.1 Å². The molecule has 3 nitrogen and oxygen atoms in total. The molecule has 108 valence electrons. The summed E-state index contributed by atoms with van der Waals surface area (Å²) in [6.07, 6.45) is 1.80. The molecule has 20 heavy (non-hydrogen) atoms. The molecule has 2 aromatic rings. The molecule has 1 heterocycles. The van der Waals surface area contributed by atoms with E-state index >= 15 is 0 Å². The minimum absolute atomic E-state index is 0.138. The van der Waals surface area contributed by atoms with Crippen LogP contribution in [0, 0.1) is 12.8 Å². The van der Waals surface area contributed by atoms with Gasteiger partial charge in [0.15, 0.2) is 0 Å². The van der Waals surface area contributed by atoms with Gasteiger partial charge in [0.25, 0.3) is 5.56 Å². The van der Waals surface area contributed by atoms with Crippen molar-refractivity contribution in [2.24, 2.45) is 5.92 Å². The van der Waals surface area contributed by atoms with Crippen LogP contribution in [0.3, 0.4) is 0 Å². The molecule has 0 radical (unpaired) electrons. The molecule has 0 saturated carbocycles. The molecular weight excluding hydrogens is 248 g/mol. The second-order valence-electron chi connectivity index (χ2n) is 5.84. The Bertz CT molecular complexity index is 635. The monoisotopic (exact) mass is 272 g/mol. The van der Waals surface area contributed by atoms with Crippen LogP contribution < -0.4 is 5.56 Å². The summed E-state index contributed by atoms with van der Waals surface area (Å²) in [5.74, 6) is 0.450. The first kappa shape index (κ1) is 14.6. The first-order valence-corrected chi connectivity index (χ1v) is 7.42. The third-order valence-electron chi connectivity index (χ3n) is 3.51. The standard InChI is InChI=1S/C17H24N2O/c1-5-8-15-16(14-10-7-6-9-13(14)4)18-19(17(15)20)11-12(2)3/h6-7,9-10,12,18H,5,8,11H2,1-4H3. The van der Waals surface area contributed by atoms with Gasteiger partial charge in [-0.3, -0.25) is 14.6 Å². The summed E-state index contributed by atoms with van der Waals surface area (Å²) in [5.41, 5.74) is 4.38. The summed E-state index contributed by atoms with van der Waals surface area (Å²) >= 11 is 0. The zero-order chi connectivity index (χ0) is 14.7. The van der Waals surface area contributed by atoms with Crippen LogP contribution in [0.25, 0.3) is 11.3 Å². The van der Waals surface area contributed by atoms with Crippen molar-refractivity contribution in [3.63, 3.8) is 0 Å². The number of H-pyrrole nitrogens is 1.